The molecule has 0 saturated heterocycles. The summed E-state index contributed by atoms with van der Waals surface area (Å²) in [7, 11) is 3.25. The van der Waals surface area contributed by atoms with Crippen LogP contribution in [0.2, 0.25) is 0 Å². The minimum absolute atomic E-state index is 0.0261. The molecule has 2 aliphatic rings. The van der Waals surface area contributed by atoms with E-state index >= 15 is 0 Å². The highest BCUT2D eigenvalue weighted by atomic mass is 16.6. The van der Waals surface area contributed by atoms with Gasteiger partial charge in [-0.05, 0) is 71.5 Å². The van der Waals surface area contributed by atoms with Gasteiger partial charge >= 0.3 is 11.4 Å². The van der Waals surface area contributed by atoms with E-state index in [-0.39, 0.29) is 23.5 Å². The zero-order valence-corrected chi connectivity index (χ0v) is 40.0. The number of hydrogen-bond donors (Lipinski definition) is 7. The maximum atomic E-state index is 11.0. The Bertz CT molecular complexity index is 2970. The molecule has 0 radical (unpaired) electrons. The number of para-hydroxylation sites is 2. The molecule has 7 N–H and O–H groups in total. The van der Waals surface area contributed by atoms with E-state index in [4.69, 9.17) is 39.2 Å². The zero-order chi connectivity index (χ0) is 52.1. The number of rotatable bonds is 10. The van der Waals surface area contributed by atoms with Gasteiger partial charge in [0.25, 0.3) is 17.9 Å². The summed E-state index contributed by atoms with van der Waals surface area (Å²) in [5.41, 5.74) is 11.4. The second kappa shape index (κ2) is 24.1. The summed E-state index contributed by atoms with van der Waals surface area (Å²) in [5, 5.41) is 62.2. The molecule has 0 bridgehead atoms. The van der Waals surface area contributed by atoms with Crippen LogP contribution in [0.15, 0.2) is 110 Å². The predicted molar refractivity (Wildman–Crippen MR) is 266 cm³/mol. The quantitative estimate of drug-likeness (QED) is 0.0518. The molecule has 0 amide bonds. The minimum atomic E-state index is -0.833. The van der Waals surface area contributed by atoms with Gasteiger partial charge in [0.2, 0.25) is 0 Å². The number of nitrogens with one attached hydrogen (secondary N) is 4. The van der Waals surface area contributed by atoms with Gasteiger partial charge in [-0.15, -0.1) is 0 Å². The third-order valence-corrected chi connectivity index (χ3v) is 11.3. The molecule has 4 aromatic carbocycles. The Labute approximate surface area is 411 Å². The van der Waals surface area contributed by atoms with Crippen LogP contribution in [0.5, 0.6) is 11.5 Å². The standard InChI is InChI=1S/2C22H21N5O3.3C2H4O2/c2*1-30-20-7-6-14(10-15(20)12-26-13-16(11-24-26)27(28)29)21-22-18(8-9-23-21)17-4-2-3-5-19(17)25-22;3*1-2(3)4/h2*2-7,10-11,13,21,23,25H,8-9,12H2,1H3;3*1H3,(H,3,4). The molecule has 22 heteroatoms. The lowest BCUT2D eigenvalue weighted by Crippen LogP contribution is -2.30. The van der Waals surface area contributed by atoms with E-state index in [9.17, 15) is 20.2 Å². The Kier molecular flexibility index (Phi) is 17.6. The molecule has 22 nitrogen and oxygen atoms in total. The van der Waals surface area contributed by atoms with E-state index in [0.717, 1.165) is 91.5 Å². The molecule has 0 fully saturated rings. The summed E-state index contributed by atoms with van der Waals surface area (Å²) in [6.07, 6.45) is 7.35. The smallest absolute Gasteiger partial charge is 0.307 e. The molecule has 2 atom stereocenters. The third-order valence-electron chi connectivity index (χ3n) is 11.3. The molecular weight excluding hydrogens is 933 g/mol. The molecule has 8 aromatic rings. The van der Waals surface area contributed by atoms with Crippen molar-refractivity contribution in [2.45, 2.75) is 58.8 Å². The van der Waals surface area contributed by atoms with Crippen LogP contribution in [0.25, 0.3) is 21.8 Å². The molecule has 72 heavy (non-hydrogen) atoms. The fourth-order valence-electron chi connectivity index (χ4n) is 8.55. The molecule has 0 aliphatic carbocycles. The molecule has 10 rings (SSSR count). The van der Waals surface area contributed by atoms with Crippen molar-refractivity contribution >= 4 is 51.1 Å². The number of methoxy groups -OCH3 is 2. The van der Waals surface area contributed by atoms with Crippen LogP contribution in [0.1, 0.15) is 77.6 Å². The lowest BCUT2D eigenvalue weighted by molar-refractivity contribution is -0.385. The topological polar surface area (TPSA) is 308 Å². The van der Waals surface area contributed by atoms with Crippen molar-refractivity contribution in [1.29, 1.82) is 0 Å². The van der Waals surface area contributed by atoms with Gasteiger partial charge < -0.3 is 45.4 Å². The van der Waals surface area contributed by atoms with Crippen LogP contribution in [-0.2, 0) is 40.3 Å². The highest BCUT2D eigenvalue weighted by molar-refractivity contribution is 5.86. The van der Waals surface area contributed by atoms with Gasteiger partial charge in [-0.2, -0.15) is 10.2 Å². The van der Waals surface area contributed by atoms with Gasteiger partial charge in [-0.25, -0.2) is 0 Å². The van der Waals surface area contributed by atoms with Crippen LogP contribution >= 0.6 is 0 Å². The van der Waals surface area contributed by atoms with Crippen molar-refractivity contribution in [3.8, 4) is 11.5 Å². The van der Waals surface area contributed by atoms with E-state index in [1.165, 1.54) is 58.1 Å². The highest BCUT2D eigenvalue weighted by Gasteiger charge is 2.28. The summed E-state index contributed by atoms with van der Waals surface area (Å²) in [6, 6.07) is 29.0. The Morgan fingerprint density at radius 1 is 0.625 bits per heavy atom. The lowest BCUT2D eigenvalue weighted by atomic mass is 9.93. The molecule has 0 spiro atoms. The monoisotopic (exact) mass is 986 g/mol. The summed E-state index contributed by atoms with van der Waals surface area (Å²) < 4.78 is 14.2. The van der Waals surface area contributed by atoms with Crippen LogP contribution in [0, 0.1) is 20.2 Å². The van der Waals surface area contributed by atoms with Crippen LogP contribution < -0.4 is 20.1 Å². The number of fused-ring (bicyclic) bond motifs is 6. The molecule has 376 valence electrons. The number of aliphatic carboxylic acids is 3. The SMILES string of the molecule is CC(=O)O.CC(=O)O.CC(=O)O.COc1ccc(C2NCCc3c2[nH]c2ccccc32)cc1Cn1cc([N+](=O)[O-])cn1.COc1ccc(C2NCCc3c2[nH]c2ccccc32)cc1Cn1cc([N+](=O)[O-])cn1. The number of hydrogen-bond acceptors (Lipinski definition) is 13. The normalized spacial score (nSPS) is 14.2. The Morgan fingerprint density at radius 2 is 0.986 bits per heavy atom. The first-order valence-corrected chi connectivity index (χ1v) is 22.4. The van der Waals surface area contributed by atoms with Crippen molar-refractivity contribution in [3.05, 3.63) is 175 Å². The van der Waals surface area contributed by atoms with Crippen molar-refractivity contribution in [1.82, 2.24) is 40.2 Å². The van der Waals surface area contributed by atoms with E-state index in [1.807, 2.05) is 24.3 Å². The summed E-state index contributed by atoms with van der Waals surface area (Å²) >= 11 is 0. The van der Waals surface area contributed by atoms with Crippen molar-refractivity contribution in [2.24, 2.45) is 0 Å². The lowest BCUT2D eigenvalue weighted by Gasteiger charge is -2.25. The fourth-order valence-corrected chi connectivity index (χ4v) is 8.55. The Morgan fingerprint density at radius 3 is 1.32 bits per heavy atom. The maximum absolute atomic E-state index is 11.0. The first-order chi connectivity index (χ1) is 34.5. The first kappa shape index (κ1) is 52.5. The number of carboxylic acids is 3. The van der Waals surface area contributed by atoms with Crippen molar-refractivity contribution in [3.63, 3.8) is 0 Å². The molecule has 2 unspecified atom stereocenters. The average molecular weight is 987 g/mol. The number of carbonyl (C=O) groups is 3. The maximum Gasteiger partial charge on any atom is 0.307 e. The van der Waals surface area contributed by atoms with Gasteiger partial charge in [0.1, 0.15) is 36.3 Å². The highest BCUT2D eigenvalue weighted by Crippen LogP contribution is 2.37. The summed E-state index contributed by atoms with van der Waals surface area (Å²) in [6.45, 7) is 5.81. The van der Waals surface area contributed by atoms with Crippen LogP contribution in [0.3, 0.4) is 0 Å². The van der Waals surface area contributed by atoms with Gasteiger partial charge in [0.15, 0.2) is 0 Å². The van der Waals surface area contributed by atoms with Gasteiger partial charge in [0.05, 0.1) is 49.2 Å². The fraction of sp³-hybridized carbons (Fsp3) is 0.260. The van der Waals surface area contributed by atoms with Gasteiger partial charge in [0, 0.05) is 78.2 Å². The van der Waals surface area contributed by atoms with E-state index < -0.39 is 27.8 Å². The molecule has 2 aliphatic heterocycles. The summed E-state index contributed by atoms with van der Waals surface area (Å²) in [5.74, 6) is -1.05. The third kappa shape index (κ3) is 13.2. The number of H-pyrrole nitrogens is 2. The second-order valence-corrected chi connectivity index (χ2v) is 16.4. The number of nitrogens with zero attached hydrogens (tertiary/aromatic N) is 6. The number of carboxylic acid groups (broad SMARTS) is 3. The van der Waals surface area contributed by atoms with Crippen LogP contribution in [-0.4, -0.2) is 99.9 Å². The first-order valence-electron chi connectivity index (χ1n) is 22.4. The van der Waals surface area contributed by atoms with Crippen molar-refractivity contribution < 1.29 is 49.0 Å². The predicted octanol–water partition coefficient (Wildman–Crippen LogP) is 7.40. The number of ether oxygens (including phenoxy) is 2. The second-order valence-electron chi connectivity index (χ2n) is 16.4. The van der Waals surface area contributed by atoms with Gasteiger partial charge in [-0.1, -0.05) is 48.5 Å². The number of nitro groups is 2. The van der Waals surface area contributed by atoms with Crippen LogP contribution in [0.4, 0.5) is 11.4 Å². The number of benzene rings is 4. The van der Waals surface area contributed by atoms with E-state index in [0.29, 0.717) is 13.1 Å². The molecule has 0 saturated carbocycles. The largest absolute Gasteiger partial charge is 0.496 e. The van der Waals surface area contributed by atoms with Gasteiger partial charge in [-0.3, -0.25) is 44.0 Å². The van der Waals surface area contributed by atoms with Crippen molar-refractivity contribution in [2.75, 3.05) is 27.3 Å². The van der Waals surface area contributed by atoms with E-state index in [1.54, 1.807) is 23.6 Å². The zero-order valence-electron chi connectivity index (χ0n) is 40.0. The number of aromatic amines is 2. The Hall–Kier alpha value is -8.89. The van der Waals surface area contributed by atoms with E-state index in [2.05, 4.69) is 91.5 Å². The number of aromatic nitrogens is 6. The minimum Gasteiger partial charge on any atom is -0.496 e. The average Bonchev–Trinajstić information content (AvgIpc) is 4.17. The molecule has 6 heterocycles. The molecule has 4 aromatic heterocycles. The molecular formula is C50H54N10O12. The summed E-state index contributed by atoms with van der Waals surface area (Å²) in [4.78, 5) is 55.2. The Balaban J connectivity index is 0.000000193.